The van der Waals surface area contributed by atoms with E-state index in [1.807, 2.05) is 32.0 Å². The maximum atomic E-state index is 13.0. The zero-order valence-corrected chi connectivity index (χ0v) is 18.7. The van der Waals surface area contributed by atoms with Crippen LogP contribution in [-0.4, -0.2) is 38.8 Å². The van der Waals surface area contributed by atoms with Crippen LogP contribution in [0.2, 0.25) is 0 Å². The molecule has 0 radical (unpaired) electrons. The second-order valence-electron chi connectivity index (χ2n) is 7.79. The van der Waals surface area contributed by atoms with Crippen LogP contribution < -0.4 is 10.1 Å². The molecule has 0 bridgehead atoms. The molecule has 1 aliphatic rings. The van der Waals surface area contributed by atoms with Crippen LogP contribution >= 0.6 is 0 Å². The van der Waals surface area contributed by atoms with E-state index >= 15 is 0 Å². The Hall–Kier alpha value is -2.38. The molecule has 0 aliphatic carbocycles. The van der Waals surface area contributed by atoms with E-state index in [1.165, 1.54) is 5.56 Å². The van der Waals surface area contributed by atoms with Crippen molar-refractivity contribution in [2.24, 2.45) is 0 Å². The van der Waals surface area contributed by atoms with E-state index < -0.39 is 10.0 Å². The standard InChI is InChI=1S/C23H30N2O4S/c1-17-7-9-20(15-18(17)2)24-23(26)12-8-19-16-21(10-11-22(19)29-3)30(27,28)25-13-5-4-6-14-25/h7,9-11,15-16H,4-6,8,12-14H2,1-3H3,(H,24,26). The van der Waals surface area contributed by atoms with Gasteiger partial charge in [0.25, 0.3) is 0 Å². The van der Waals surface area contributed by atoms with Crippen molar-refractivity contribution in [3.05, 3.63) is 53.1 Å². The average Bonchev–Trinajstić information content (AvgIpc) is 2.75. The second kappa shape index (κ2) is 9.62. The van der Waals surface area contributed by atoms with Crippen LogP contribution in [0.3, 0.4) is 0 Å². The van der Waals surface area contributed by atoms with Crippen molar-refractivity contribution in [3.8, 4) is 5.75 Å². The molecule has 30 heavy (non-hydrogen) atoms. The van der Waals surface area contributed by atoms with E-state index in [0.29, 0.717) is 30.8 Å². The lowest BCUT2D eigenvalue weighted by molar-refractivity contribution is -0.116. The van der Waals surface area contributed by atoms with Crippen LogP contribution in [0.1, 0.15) is 42.4 Å². The maximum absolute atomic E-state index is 13.0. The molecule has 1 heterocycles. The van der Waals surface area contributed by atoms with E-state index in [-0.39, 0.29) is 17.2 Å². The molecule has 1 aliphatic heterocycles. The van der Waals surface area contributed by atoms with Crippen LogP contribution in [0, 0.1) is 13.8 Å². The molecule has 0 aromatic heterocycles. The molecule has 0 spiro atoms. The molecule has 0 unspecified atom stereocenters. The summed E-state index contributed by atoms with van der Waals surface area (Å²) in [5.41, 5.74) is 3.76. The second-order valence-corrected chi connectivity index (χ2v) is 9.72. The Morgan fingerprint density at radius 3 is 2.43 bits per heavy atom. The Morgan fingerprint density at radius 2 is 1.77 bits per heavy atom. The molecule has 0 atom stereocenters. The third-order valence-corrected chi connectivity index (χ3v) is 7.51. The molecule has 1 fully saturated rings. The molecule has 3 rings (SSSR count). The number of ether oxygens (including phenoxy) is 1. The lowest BCUT2D eigenvalue weighted by Gasteiger charge is -2.26. The van der Waals surface area contributed by atoms with E-state index in [2.05, 4.69) is 5.32 Å². The van der Waals surface area contributed by atoms with Gasteiger partial charge < -0.3 is 10.1 Å². The quantitative estimate of drug-likeness (QED) is 0.719. The van der Waals surface area contributed by atoms with E-state index in [9.17, 15) is 13.2 Å². The number of rotatable bonds is 7. The number of nitrogens with zero attached hydrogens (tertiary/aromatic N) is 1. The average molecular weight is 431 g/mol. The van der Waals surface area contributed by atoms with Gasteiger partial charge in [0, 0.05) is 25.2 Å². The van der Waals surface area contributed by atoms with Crippen LogP contribution in [0.15, 0.2) is 41.3 Å². The summed E-state index contributed by atoms with van der Waals surface area (Å²) in [6, 6.07) is 10.7. The number of hydrogen-bond acceptors (Lipinski definition) is 4. The summed E-state index contributed by atoms with van der Waals surface area (Å²) in [5.74, 6) is 0.469. The first-order valence-electron chi connectivity index (χ1n) is 10.4. The van der Waals surface area contributed by atoms with Crippen LogP contribution in [-0.2, 0) is 21.2 Å². The summed E-state index contributed by atoms with van der Waals surface area (Å²) in [6.45, 7) is 5.15. The van der Waals surface area contributed by atoms with Crippen molar-refractivity contribution in [3.63, 3.8) is 0 Å². The first kappa shape index (κ1) is 22.3. The van der Waals surface area contributed by atoms with Gasteiger partial charge in [0.1, 0.15) is 5.75 Å². The van der Waals surface area contributed by atoms with Crippen molar-refractivity contribution in [1.82, 2.24) is 4.31 Å². The van der Waals surface area contributed by atoms with E-state index in [4.69, 9.17) is 4.74 Å². The molecule has 1 saturated heterocycles. The zero-order valence-electron chi connectivity index (χ0n) is 17.9. The summed E-state index contributed by atoms with van der Waals surface area (Å²) in [6.07, 6.45) is 3.47. The number of methoxy groups -OCH3 is 1. The molecule has 7 heteroatoms. The van der Waals surface area contributed by atoms with E-state index in [1.54, 1.807) is 29.6 Å². The molecule has 6 nitrogen and oxygen atoms in total. The van der Waals surface area contributed by atoms with Crippen molar-refractivity contribution in [1.29, 1.82) is 0 Å². The number of anilines is 1. The normalized spacial score (nSPS) is 15.0. The first-order chi connectivity index (χ1) is 14.3. The number of piperidine rings is 1. The van der Waals surface area contributed by atoms with Crippen molar-refractivity contribution >= 4 is 21.6 Å². The van der Waals surface area contributed by atoms with Gasteiger partial charge in [0.2, 0.25) is 15.9 Å². The molecule has 2 aromatic carbocycles. The van der Waals surface area contributed by atoms with Gasteiger partial charge in [-0.2, -0.15) is 4.31 Å². The highest BCUT2D eigenvalue weighted by atomic mass is 32.2. The first-order valence-corrected chi connectivity index (χ1v) is 11.8. The summed E-state index contributed by atoms with van der Waals surface area (Å²) in [4.78, 5) is 12.7. The Kier molecular flexibility index (Phi) is 7.15. The minimum atomic E-state index is -3.53. The van der Waals surface area contributed by atoms with E-state index in [0.717, 1.165) is 30.5 Å². The fourth-order valence-corrected chi connectivity index (χ4v) is 5.22. The van der Waals surface area contributed by atoms with Crippen LogP contribution in [0.4, 0.5) is 5.69 Å². The predicted molar refractivity (Wildman–Crippen MR) is 118 cm³/mol. The number of hydrogen-bond donors (Lipinski definition) is 1. The van der Waals surface area contributed by atoms with Gasteiger partial charge in [0.05, 0.1) is 12.0 Å². The number of carbonyl (C=O) groups is 1. The van der Waals surface area contributed by atoms with Gasteiger partial charge in [-0.1, -0.05) is 12.5 Å². The molecule has 1 N–H and O–H groups in total. The lowest BCUT2D eigenvalue weighted by Crippen LogP contribution is -2.35. The minimum Gasteiger partial charge on any atom is -0.496 e. The third-order valence-electron chi connectivity index (χ3n) is 5.62. The number of aryl methyl sites for hydroxylation is 3. The Bertz CT molecular complexity index is 1010. The summed E-state index contributed by atoms with van der Waals surface area (Å²) in [7, 11) is -1.98. The highest BCUT2D eigenvalue weighted by Crippen LogP contribution is 2.27. The molecule has 1 amide bonds. The zero-order chi connectivity index (χ0) is 21.7. The largest absolute Gasteiger partial charge is 0.496 e. The molecule has 162 valence electrons. The van der Waals surface area contributed by atoms with Gasteiger partial charge in [-0.05, 0) is 80.1 Å². The fourth-order valence-electron chi connectivity index (χ4n) is 3.66. The smallest absolute Gasteiger partial charge is 0.243 e. The van der Waals surface area contributed by atoms with Gasteiger partial charge in [-0.25, -0.2) is 8.42 Å². The highest BCUT2D eigenvalue weighted by Gasteiger charge is 2.26. The molecule has 2 aromatic rings. The van der Waals surface area contributed by atoms with Gasteiger partial charge in [-0.15, -0.1) is 0 Å². The SMILES string of the molecule is COc1ccc(S(=O)(=O)N2CCCCC2)cc1CCC(=O)Nc1ccc(C)c(C)c1. The molecular formula is C23H30N2O4S. The molecular weight excluding hydrogens is 400 g/mol. The predicted octanol–water partition coefficient (Wildman–Crippen LogP) is 4.06. The van der Waals surface area contributed by atoms with Crippen molar-refractivity contribution in [2.75, 3.05) is 25.5 Å². The number of carbonyl (C=O) groups excluding carboxylic acids is 1. The Labute approximate surface area is 179 Å². The Balaban J connectivity index is 1.72. The topological polar surface area (TPSA) is 75.7 Å². The Morgan fingerprint density at radius 1 is 1.03 bits per heavy atom. The van der Waals surface area contributed by atoms with Gasteiger partial charge >= 0.3 is 0 Å². The minimum absolute atomic E-state index is 0.121. The highest BCUT2D eigenvalue weighted by molar-refractivity contribution is 7.89. The van der Waals surface area contributed by atoms with Crippen molar-refractivity contribution in [2.45, 2.75) is 50.8 Å². The van der Waals surface area contributed by atoms with Crippen molar-refractivity contribution < 1.29 is 17.9 Å². The monoisotopic (exact) mass is 430 g/mol. The summed E-state index contributed by atoms with van der Waals surface area (Å²) in [5, 5.41) is 2.91. The maximum Gasteiger partial charge on any atom is 0.243 e. The molecule has 0 saturated carbocycles. The number of amides is 1. The summed E-state index contributed by atoms with van der Waals surface area (Å²) < 4.78 is 32.9. The fraction of sp³-hybridized carbons (Fsp3) is 0.435. The van der Waals surface area contributed by atoms with Gasteiger partial charge in [-0.3, -0.25) is 4.79 Å². The number of sulfonamides is 1. The summed E-state index contributed by atoms with van der Waals surface area (Å²) >= 11 is 0. The van der Waals surface area contributed by atoms with Crippen LogP contribution in [0.5, 0.6) is 5.75 Å². The van der Waals surface area contributed by atoms with Crippen LogP contribution in [0.25, 0.3) is 0 Å². The lowest BCUT2D eigenvalue weighted by atomic mass is 10.1. The number of benzene rings is 2. The van der Waals surface area contributed by atoms with Gasteiger partial charge in [0.15, 0.2) is 0 Å². The third kappa shape index (κ3) is 5.21. The number of nitrogens with one attached hydrogen (secondary N) is 1.